The molecule has 0 bridgehead atoms. The Kier molecular flexibility index (Phi) is 3.88. The van der Waals surface area contributed by atoms with Gasteiger partial charge in [-0.2, -0.15) is 5.26 Å². The van der Waals surface area contributed by atoms with E-state index in [1.165, 1.54) is 25.2 Å². The number of benzene rings is 1. The predicted molar refractivity (Wildman–Crippen MR) is 58.6 cm³/mol. The summed E-state index contributed by atoms with van der Waals surface area (Å²) in [5.41, 5.74) is 0.317. The number of nitrogens with one attached hydrogen (secondary N) is 1. The molecule has 16 heavy (non-hydrogen) atoms. The summed E-state index contributed by atoms with van der Waals surface area (Å²) in [5, 5.41) is 8.80. The molecule has 0 aliphatic heterocycles. The molecule has 0 aliphatic carbocycles. The van der Waals surface area contributed by atoms with Gasteiger partial charge in [0.1, 0.15) is 11.8 Å². The second-order valence-electron chi connectivity index (χ2n) is 2.91. The normalized spacial score (nSPS) is 10.8. The summed E-state index contributed by atoms with van der Waals surface area (Å²) in [6, 6.07) is 6.07. The molecule has 0 aromatic heterocycles. The van der Waals surface area contributed by atoms with Gasteiger partial charge in [0.15, 0.2) is 0 Å². The zero-order valence-corrected chi connectivity index (χ0v) is 9.84. The molecular formula is C10H12N2O3S. The van der Waals surface area contributed by atoms with E-state index in [0.29, 0.717) is 12.2 Å². The van der Waals surface area contributed by atoms with Gasteiger partial charge in [-0.15, -0.1) is 0 Å². The SMILES string of the molecule is CCOc1cc(S(=O)(=O)NC)ccc1C#N. The summed E-state index contributed by atoms with van der Waals surface area (Å²) in [7, 11) is -2.18. The van der Waals surface area contributed by atoms with Crippen LogP contribution in [0.25, 0.3) is 0 Å². The lowest BCUT2D eigenvalue weighted by molar-refractivity contribution is 0.338. The van der Waals surface area contributed by atoms with Crippen molar-refractivity contribution in [1.29, 1.82) is 5.26 Å². The monoisotopic (exact) mass is 240 g/mol. The second kappa shape index (κ2) is 4.96. The number of hydrogen-bond donors (Lipinski definition) is 1. The van der Waals surface area contributed by atoms with Crippen LogP contribution in [0.5, 0.6) is 5.75 Å². The Hall–Kier alpha value is -1.58. The third-order valence-electron chi connectivity index (χ3n) is 1.95. The fourth-order valence-corrected chi connectivity index (χ4v) is 1.90. The van der Waals surface area contributed by atoms with Crippen molar-refractivity contribution in [1.82, 2.24) is 4.72 Å². The Morgan fingerprint density at radius 1 is 1.50 bits per heavy atom. The Labute approximate surface area is 94.7 Å². The Morgan fingerprint density at radius 3 is 2.69 bits per heavy atom. The molecule has 0 atom stereocenters. The molecule has 0 unspecified atom stereocenters. The molecule has 1 N–H and O–H groups in total. The van der Waals surface area contributed by atoms with Crippen LogP contribution in [0.4, 0.5) is 0 Å². The average Bonchev–Trinajstić information content (AvgIpc) is 2.29. The highest BCUT2D eigenvalue weighted by Gasteiger charge is 2.14. The van der Waals surface area contributed by atoms with Crippen LogP contribution in [-0.2, 0) is 10.0 Å². The lowest BCUT2D eigenvalue weighted by Crippen LogP contribution is -2.18. The number of nitriles is 1. The lowest BCUT2D eigenvalue weighted by Gasteiger charge is -2.08. The van der Waals surface area contributed by atoms with Crippen molar-refractivity contribution in [3.8, 4) is 11.8 Å². The van der Waals surface area contributed by atoms with Crippen LogP contribution < -0.4 is 9.46 Å². The number of nitrogens with zero attached hydrogens (tertiary/aromatic N) is 1. The van der Waals surface area contributed by atoms with Gasteiger partial charge in [-0.1, -0.05) is 0 Å². The standard InChI is InChI=1S/C10H12N2O3S/c1-3-15-10-6-9(16(13,14)12-2)5-4-8(10)7-11/h4-6,12H,3H2,1-2H3. The molecule has 6 heteroatoms. The van der Waals surface area contributed by atoms with Gasteiger partial charge in [0, 0.05) is 6.07 Å². The smallest absolute Gasteiger partial charge is 0.240 e. The molecule has 0 fully saturated rings. The molecule has 0 amide bonds. The van der Waals surface area contributed by atoms with Gasteiger partial charge >= 0.3 is 0 Å². The number of hydrogen-bond acceptors (Lipinski definition) is 4. The van der Waals surface area contributed by atoms with Crippen LogP contribution in [0.3, 0.4) is 0 Å². The second-order valence-corrected chi connectivity index (χ2v) is 4.80. The van der Waals surface area contributed by atoms with Crippen molar-refractivity contribution >= 4 is 10.0 Å². The van der Waals surface area contributed by atoms with Crippen molar-refractivity contribution in [2.45, 2.75) is 11.8 Å². The molecule has 0 spiro atoms. The average molecular weight is 240 g/mol. The largest absolute Gasteiger partial charge is 0.492 e. The van der Waals surface area contributed by atoms with Crippen molar-refractivity contribution in [3.63, 3.8) is 0 Å². The maximum absolute atomic E-state index is 11.5. The number of sulfonamides is 1. The van der Waals surface area contributed by atoms with E-state index in [2.05, 4.69) is 4.72 Å². The van der Waals surface area contributed by atoms with E-state index in [0.717, 1.165) is 0 Å². The van der Waals surface area contributed by atoms with Crippen LogP contribution in [-0.4, -0.2) is 22.1 Å². The van der Waals surface area contributed by atoms with Gasteiger partial charge in [0.05, 0.1) is 17.1 Å². The van der Waals surface area contributed by atoms with E-state index in [-0.39, 0.29) is 10.6 Å². The van der Waals surface area contributed by atoms with Gasteiger partial charge in [0.25, 0.3) is 0 Å². The molecule has 1 aromatic carbocycles. The van der Waals surface area contributed by atoms with E-state index < -0.39 is 10.0 Å². The minimum atomic E-state index is -3.50. The minimum Gasteiger partial charge on any atom is -0.492 e. The molecule has 1 aromatic rings. The highest BCUT2D eigenvalue weighted by atomic mass is 32.2. The van der Waals surface area contributed by atoms with E-state index in [4.69, 9.17) is 10.00 Å². The Morgan fingerprint density at radius 2 is 2.19 bits per heavy atom. The van der Waals surface area contributed by atoms with Crippen LogP contribution in [0.15, 0.2) is 23.1 Å². The summed E-state index contributed by atoms with van der Waals surface area (Å²) < 4.78 is 30.4. The molecular weight excluding hydrogens is 228 g/mol. The zero-order chi connectivity index (χ0) is 12.2. The molecule has 0 aliphatic rings. The predicted octanol–water partition coefficient (Wildman–Crippen LogP) is 0.865. The van der Waals surface area contributed by atoms with Crippen LogP contribution in [0, 0.1) is 11.3 Å². The summed E-state index contributed by atoms with van der Waals surface area (Å²) in [5.74, 6) is 0.279. The summed E-state index contributed by atoms with van der Waals surface area (Å²) in [6.45, 7) is 2.14. The fourth-order valence-electron chi connectivity index (χ4n) is 1.15. The molecule has 0 radical (unpaired) electrons. The van der Waals surface area contributed by atoms with E-state index in [1.807, 2.05) is 6.07 Å². The zero-order valence-electron chi connectivity index (χ0n) is 9.02. The fraction of sp³-hybridized carbons (Fsp3) is 0.300. The summed E-state index contributed by atoms with van der Waals surface area (Å²) in [4.78, 5) is 0.0810. The van der Waals surface area contributed by atoms with E-state index in [9.17, 15) is 8.42 Å². The molecule has 1 rings (SSSR count). The highest BCUT2D eigenvalue weighted by molar-refractivity contribution is 7.89. The van der Waals surface area contributed by atoms with Crippen molar-refractivity contribution in [2.75, 3.05) is 13.7 Å². The van der Waals surface area contributed by atoms with E-state index >= 15 is 0 Å². The summed E-state index contributed by atoms with van der Waals surface area (Å²) in [6.07, 6.45) is 0. The number of ether oxygens (including phenoxy) is 1. The Bertz CT molecular complexity index is 517. The molecule has 86 valence electrons. The lowest BCUT2D eigenvalue weighted by atomic mass is 10.2. The first kappa shape index (κ1) is 12.5. The molecule has 5 nitrogen and oxygen atoms in total. The quantitative estimate of drug-likeness (QED) is 0.846. The topological polar surface area (TPSA) is 79.2 Å². The first-order valence-electron chi connectivity index (χ1n) is 4.65. The summed E-state index contributed by atoms with van der Waals surface area (Å²) >= 11 is 0. The van der Waals surface area contributed by atoms with Crippen molar-refractivity contribution < 1.29 is 13.2 Å². The van der Waals surface area contributed by atoms with Crippen LogP contribution >= 0.6 is 0 Å². The highest BCUT2D eigenvalue weighted by Crippen LogP contribution is 2.22. The third-order valence-corrected chi connectivity index (χ3v) is 3.36. The maximum atomic E-state index is 11.5. The van der Waals surface area contributed by atoms with Crippen molar-refractivity contribution in [3.05, 3.63) is 23.8 Å². The minimum absolute atomic E-state index is 0.0810. The third kappa shape index (κ3) is 2.51. The van der Waals surface area contributed by atoms with Gasteiger partial charge in [-0.05, 0) is 26.1 Å². The van der Waals surface area contributed by atoms with Gasteiger partial charge in [-0.3, -0.25) is 0 Å². The first-order valence-corrected chi connectivity index (χ1v) is 6.14. The van der Waals surface area contributed by atoms with Gasteiger partial charge < -0.3 is 4.74 Å². The maximum Gasteiger partial charge on any atom is 0.240 e. The van der Waals surface area contributed by atoms with Gasteiger partial charge in [-0.25, -0.2) is 13.1 Å². The van der Waals surface area contributed by atoms with Crippen LogP contribution in [0.2, 0.25) is 0 Å². The molecule has 0 saturated heterocycles. The molecule has 0 saturated carbocycles. The molecule has 0 heterocycles. The Balaban J connectivity index is 3.28. The first-order chi connectivity index (χ1) is 7.55. The van der Waals surface area contributed by atoms with Crippen LogP contribution in [0.1, 0.15) is 12.5 Å². The van der Waals surface area contributed by atoms with Gasteiger partial charge in [0.2, 0.25) is 10.0 Å². The van der Waals surface area contributed by atoms with Crippen molar-refractivity contribution in [2.24, 2.45) is 0 Å². The number of rotatable bonds is 4. The van der Waals surface area contributed by atoms with E-state index in [1.54, 1.807) is 6.92 Å².